The number of carbonyl (C=O) groups is 2. The molecule has 2 fully saturated rings. The molecular weight excluding hydrogens is 498 g/mol. The van der Waals surface area contributed by atoms with Gasteiger partial charge in [0.15, 0.2) is 17.4 Å². The van der Waals surface area contributed by atoms with E-state index in [4.69, 9.17) is 4.74 Å². The standard InChI is InChI=1S/C27H27N9O3/c37-23(17-11-18(25-29-15-30-31-25)13-19(12-17)36-9-1-2-10-36)22-24(38)20-14-16(26-32-34-35-33-26)3-4-21(20)39-27(22)5-7-28-8-6-27/h3-4,11-15,22,28H,1-2,5-10H2,(H,29,30,31)(H,32,33,34,35). The number of hydrogen-bond acceptors (Lipinski definition) is 10. The lowest BCUT2D eigenvalue weighted by Gasteiger charge is -2.45. The van der Waals surface area contributed by atoms with Crippen molar-refractivity contribution in [1.29, 1.82) is 0 Å². The highest BCUT2D eigenvalue weighted by atomic mass is 16.5. The number of nitrogens with zero attached hydrogens (tertiary/aromatic N) is 6. The first kappa shape index (κ1) is 23.7. The second kappa shape index (κ2) is 9.38. The van der Waals surface area contributed by atoms with Gasteiger partial charge < -0.3 is 15.0 Å². The fourth-order valence-electron chi connectivity index (χ4n) is 6.07. The third kappa shape index (κ3) is 4.07. The summed E-state index contributed by atoms with van der Waals surface area (Å²) < 4.78 is 6.61. The molecule has 2 saturated heterocycles. The highest BCUT2D eigenvalue weighted by molar-refractivity contribution is 6.19. The first-order chi connectivity index (χ1) is 19.1. The average Bonchev–Trinajstić information content (AvgIpc) is 3.77. The predicted molar refractivity (Wildman–Crippen MR) is 140 cm³/mol. The summed E-state index contributed by atoms with van der Waals surface area (Å²) in [5.41, 5.74) is 2.19. The van der Waals surface area contributed by atoms with E-state index in [0.29, 0.717) is 60.0 Å². The Morgan fingerprint density at radius 1 is 1.05 bits per heavy atom. The van der Waals surface area contributed by atoms with E-state index >= 15 is 0 Å². The molecule has 12 heteroatoms. The van der Waals surface area contributed by atoms with Crippen LogP contribution in [0.1, 0.15) is 46.4 Å². The number of aromatic amines is 2. The van der Waals surface area contributed by atoms with Crippen LogP contribution < -0.4 is 15.0 Å². The Morgan fingerprint density at radius 3 is 2.64 bits per heavy atom. The Kier molecular flexibility index (Phi) is 5.69. The van der Waals surface area contributed by atoms with Gasteiger partial charge in [-0.05, 0) is 67.5 Å². The van der Waals surface area contributed by atoms with Crippen LogP contribution in [-0.4, -0.2) is 79.2 Å². The second-order valence-corrected chi connectivity index (χ2v) is 10.3. The van der Waals surface area contributed by atoms with Crippen molar-refractivity contribution in [2.75, 3.05) is 31.1 Å². The van der Waals surface area contributed by atoms with Crippen molar-refractivity contribution in [3.8, 4) is 28.5 Å². The quantitative estimate of drug-likeness (QED) is 0.261. The molecule has 2 aromatic carbocycles. The number of ketones is 2. The lowest BCUT2D eigenvalue weighted by molar-refractivity contribution is -0.0138. The monoisotopic (exact) mass is 525 g/mol. The van der Waals surface area contributed by atoms with Gasteiger partial charge in [-0.15, -0.1) is 10.2 Å². The van der Waals surface area contributed by atoms with Crippen LogP contribution in [-0.2, 0) is 0 Å². The van der Waals surface area contributed by atoms with Gasteiger partial charge in [-0.3, -0.25) is 14.7 Å². The van der Waals surface area contributed by atoms with Crippen molar-refractivity contribution in [1.82, 2.24) is 41.1 Å². The molecule has 1 unspecified atom stereocenters. The van der Waals surface area contributed by atoms with Gasteiger partial charge in [0.05, 0.1) is 5.56 Å². The molecule has 4 aromatic rings. The summed E-state index contributed by atoms with van der Waals surface area (Å²) in [5.74, 6) is -0.0790. The number of anilines is 1. The number of piperidine rings is 1. The zero-order valence-corrected chi connectivity index (χ0v) is 21.2. The lowest BCUT2D eigenvalue weighted by Crippen LogP contribution is -2.58. The Morgan fingerprint density at radius 2 is 1.90 bits per heavy atom. The molecule has 1 spiro atoms. The maximum absolute atomic E-state index is 14.5. The number of carbonyl (C=O) groups excluding carboxylic acids is 2. The predicted octanol–water partition coefficient (Wildman–Crippen LogP) is 2.45. The number of benzene rings is 2. The number of tetrazole rings is 1. The van der Waals surface area contributed by atoms with Gasteiger partial charge in [0.1, 0.15) is 23.6 Å². The molecule has 198 valence electrons. The van der Waals surface area contributed by atoms with Crippen molar-refractivity contribution in [3.63, 3.8) is 0 Å². The van der Waals surface area contributed by atoms with Gasteiger partial charge >= 0.3 is 0 Å². The van der Waals surface area contributed by atoms with E-state index in [2.05, 4.69) is 46.0 Å². The van der Waals surface area contributed by atoms with Gasteiger partial charge in [0, 0.05) is 48.3 Å². The molecule has 1 atom stereocenters. The highest BCUT2D eigenvalue weighted by Gasteiger charge is 2.54. The number of H-pyrrole nitrogens is 2. The summed E-state index contributed by atoms with van der Waals surface area (Å²) in [6.07, 6.45) is 4.73. The fraction of sp³-hybridized carbons (Fsp3) is 0.370. The highest BCUT2D eigenvalue weighted by Crippen LogP contribution is 2.44. The average molecular weight is 526 g/mol. The molecule has 0 radical (unpaired) electrons. The summed E-state index contributed by atoms with van der Waals surface area (Å²) >= 11 is 0. The summed E-state index contributed by atoms with van der Waals surface area (Å²) in [6, 6.07) is 11.0. The van der Waals surface area contributed by atoms with E-state index in [1.54, 1.807) is 24.3 Å². The zero-order chi connectivity index (χ0) is 26.4. The number of fused-ring (bicyclic) bond motifs is 1. The molecule has 0 bridgehead atoms. The van der Waals surface area contributed by atoms with Crippen LogP contribution in [0.25, 0.3) is 22.8 Å². The van der Waals surface area contributed by atoms with Gasteiger partial charge in [0.25, 0.3) is 0 Å². The van der Waals surface area contributed by atoms with Crippen LogP contribution in [0.3, 0.4) is 0 Å². The molecule has 0 saturated carbocycles. The largest absolute Gasteiger partial charge is 0.485 e. The van der Waals surface area contributed by atoms with E-state index in [1.165, 1.54) is 6.33 Å². The Bertz CT molecular complexity index is 1520. The summed E-state index contributed by atoms with van der Waals surface area (Å²) in [4.78, 5) is 35.3. The van der Waals surface area contributed by atoms with Crippen LogP contribution in [0, 0.1) is 5.92 Å². The third-order valence-electron chi connectivity index (χ3n) is 8.02. The third-order valence-corrected chi connectivity index (χ3v) is 8.02. The van der Waals surface area contributed by atoms with Crippen LogP contribution in [0.4, 0.5) is 5.69 Å². The first-order valence-electron chi connectivity index (χ1n) is 13.2. The molecule has 12 nitrogen and oxygen atoms in total. The van der Waals surface area contributed by atoms with Crippen LogP contribution in [0.5, 0.6) is 5.75 Å². The number of nitrogens with one attached hydrogen (secondary N) is 3. The molecule has 0 amide bonds. The molecule has 5 heterocycles. The van der Waals surface area contributed by atoms with Crippen molar-refractivity contribution in [2.45, 2.75) is 31.3 Å². The van der Waals surface area contributed by atoms with Crippen LogP contribution in [0.15, 0.2) is 42.7 Å². The Labute approximate surface area is 223 Å². The number of hydrogen-bond donors (Lipinski definition) is 3. The van der Waals surface area contributed by atoms with Gasteiger partial charge in [-0.1, -0.05) is 0 Å². The summed E-state index contributed by atoms with van der Waals surface area (Å²) in [5, 5.41) is 24.4. The van der Waals surface area contributed by atoms with Gasteiger partial charge in [-0.2, -0.15) is 10.3 Å². The van der Waals surface area contributed by atoms with Crippen molar-refractivity contribution in [3.05, 3.63) is 53.9 Å². The SMILES string of the molecule is O=C(c1cc(-c2ncn[nH]2)cc(N2CCCC2)c1)C1C(=O)c2cc(-c3nn[nH]n3)ccc2OC12CCNCC2. The first-order valence-corrected chi connectivity index (χ1v) is 13.2. The minimum atomic E-state index is -0.996. The van der Waals surface area contributed by atoms with Gasteiger partial charge in [0.2, 0.25) is 5.82 Å². The summed E-state index contributed by atoms with van der Waals surface area (Å²) in [6.45, 7) is 3.15. The van der Waals surface area contributed by atoms with Crippen molar-refractivity contribution >= 4 is 17.3 Å². The van der Waals surface area contributed by atoms with E-state index in [-0.39, 0.29) is 11.6 Å². The maximum Gasteiger partial charge on any atom is 0.204 e. The molecule has 3 aliphatic rings. The topological polar surface area (TPSA) is 155 Å². The van der Waals surface area contributed by atoms with Crippen molar-refractivity contribution < 1.29 is 14.3 Å². The molecule has 3 N–H and O–H groups in total. The molecule has 0 aliphatic carbocycles. The fourth-order valence-corrected chi connectivity index (χ4v) is 6.07. The number of rotatable bonds is 5. The zero-order valence-electron chi connectivity index (χ0n) is 21.2. The van der Waals surface area contributed by atoms with E-state index in [0.717, 1.165) is 37.2 Å². The van der Waals surface area contributed by atoms with E-state index in [9.17, 15) is 9.59 Å². The summed E-state index contributed by atoms with van der Waals surface area (Å²) in [7, 11) is 0. The minimum absolute atomic E-state index is 0.249. The second-order valence-electron chi connectivity index (χ2n) is 10.3. The van der Waals surface area contributed by atoms with E-state index in [1.807, 2.05) is 12.1 Å². The molecule has 7 rings (SSSR count). The Balaban J connectivity index is 1.33. The smallest absolute Gasteiger partial charge is 0.204 e. The van der Waals surface area contributed by atoms with Crippen LogP contribution in [0.2, 0.25) is 0 Å². The lowest BCUT2D eigenvalue weighted by atomic mass is 9.70. The maximum atomic E-state index is 14.5. The van der Waals surface area contributed by atoms with E-state index < -0.39 is 11.5 Å². The normalized spacial score (nSPS) is 20.2. The molecular formula is C27H27N9O3. The molecule has 39 heavy (non-hydrogen) atoms. The van der Waals surface area contributed by atoms with Gasteiger partial charge in [-0.25, -0.2) is 4.98 Å². The number of aromatic nitrogens is 7. The minimum Gasteiger partial charge on any atom is -0.485 e. The number of ether oxygens (including phenoxy) is 1. The Hall–Kier alpha value is -4.45. The molecule has 2 aromatic heterocycles. The number of Topliss-reactive ketones (excluding diaryl/α,β-unsaturated/α-hetero) is 2. The van der Waals surface area contributed by atoms with Crippen LogP contribution >= 0.6 is 0 Å². The molecule has 3 aliphatic heterocycles. The van der Waals surface area contributed by atoms with Crippen molar-refractivity contribution in [2.24, 2.45) is 5.92 Å².